The second-order valence-electron chi connectivity index (χ2n) is 9.12. The summed E-state index contributed by atoms with van der Waals surface area (Å²) in [6, 6.07) is 10.9. The molecule has 2 atom stereocenters. The number of benzene rings is 2. The molecule has 0 unspecified atom stereocenters. The molecular weight excluding hydrogens is 549 g/mol. The van der Waals surface area contributed by atoms with Gasteiger partial charge in [0.05, 0.1) is 18.6 Å². The predicted octanol–water partition coefficient (Wildman–Crippen LogP) is 5.27. The van der Waals surface area contributed by atoms with Crippen LogP contribution in [0.4, 0.5) is 5.69 Å². The normalized spacial score (nSPS) is 12.9. The monoisotopic (exact) mass is 585 g/mol. The molecule has 0 aliphatic heterocycles. The molecule has 0 aliphatic carbocycles. The van der Waals surface area contributed by atoms with Crippen molar-refractivity contribution in [3.8, 4) is 5.75 Å². The first-order valence-electron chi connectivity index (χ1n) is 12.6. The first kappa shape index (κ1) is 31.7. The molecule has 0 fully saturated rings. The molecule has 0 aliphatic rings. The highest BCUT2D eigenvalue weighted by molar-refractivity contribution is 7.92. The van der Waals surface area contributed by atoms with E-state index in [9.17, 15) is 18.0 Å². The fourth-order valence-corrected chi connectivity index (χ4v) is 5.19. The summed E-state index contributed by atoms with van der Waals surface area (Å²) in [6.07, 6.45) is 2.17. The number of rotatable bonds is 14. The van der Waals surface area contributed by atoms with E-state index in [0.717, 1.165) is 12.7 Å². The number of carbonyl (C=O) groups is 2. The summed E-state index contributed by atoms with van der Waals surface area (Å²) in [6.45, 7) is 8.11. The van der Waals surface area contributed by atoms with Crippen molar-refractivity contribution in [2.75, 3.05) is 23.7 Å². The average Bonchev–Trinajstić information content (AvgIpc) is 2.85. The number of nitrogens with one attached hydrogen (secondary N) is 1. The lowest BCUT2D eigenvalue weighted by Crippen LogP contribution is -2.49. The van der Waals surface area contributed by atoms with E-state index in [2.05, 4.69) is 5.32 Å². The third-order valence-electron chi connectivity index (χ3n) is 6.11. The van der Waals surface area contributed by atoms with Crippen LogP contribution in [0.3, 0.4) is 0 Å². The highest BCUT2D eigenvalue weighted by atomic mass is 35.5. The van der Waals surface area contributed by atoms with E-state index < -0.39 is 16.1 Å². The Kier molecular flexibility index (Phi) is 12.2. The SMILES string of the molecule is CCOc1ccc(N(CCCC(=O)N(Cc2ccc(Cl)cc2Cl)[C@@H](C)C(=O)N[C@H](C)CC)S(C)(=O)=O)cc1. The maximum Gasteiger partial charge on any atom is 0.242 e. The largest absolute Gasteiger partial charge is 0.494 e. The summed E-state index contributed by atoms with van der Waals surface area (Å²) in [5.41, 5.74) is 1.13. The Bertz CT molecular complexity index is 1190. The van der Waals surface area contributed by atoms with Gasteiger partial charge in [0.2, 0.25) is 21.8 Å². The average molecular weight is 587 g/mol. The maximum absolute atomic E-state index is 13.4. The minimum absolute atomic E-state index is 0.0369. The number of ether oxygens (including phenoxy) is 1. The molecule has 2 aromatic carbocycles. The van der Waals surface area contributed by atoms with Crippen molar-refractivity contribution in [2.24, 2.45) is 0 Å². The van der Waals surface area contributed by atoms with Crippen molar-refractivity contribution in [2.45, 2.75) is 65.6 Å². The van der Waals surface area contributed by atoms with E-state index in [4.69, 9.17) is 27.9 Å². The summed E-state index contributed by atoms with van der Waals surface area (Å²) in [7, 11) is -3.59. The number of nitrogens with zero attached hydrogens (tertiary/aromatic N) is 2. The lowest BCUT2D eigenvalue weighted by Gasteiger charge is -2.30. The zero-order valence-corrected chi connectivity index (χ0v) is 24.9. The van der Waals surface area contributed by atoms with Gasteiger partial charge in [0.25, 0.3) is 0 Å². The Morgan fingerprint density at radius 2 is 1.71 bits per heavy atom. The molecule has 0 spiro atoms. The summed E-state index contributed by atoms with van der Waals surface area (Å²) in [4.78, 5) is 27.8. The zero-order chi connectivity index (χ0) is 28.5. The van der Waals surface area contributed by atoms with Crippen LogP contribution in [0.25, 0.3) is 0 Å². The van der Waals surface area contributed by atoms with Crippen molar-refractivity contribution in [3.63, 3.8) is 0 Å². The maximum atomic E-state index is 13.4. The molecule has 0 saturated heterocycles. The van der Waals surface area contributed by atoms with E-state index >= 15 is 0 Å². The molecule has 8 nitrogen and oxygen atoms in total. The van der Waals surface area contributed by atoms with Crippen LogP contribution in [-0.4, -0.2) is 56.6 Å². The van der Waals surface area contributed by atoms with Gasteiger partial charge in [-0.1, -0.05) is 36.2 Å². The van der Waals surface area contributed by atoms with E-state index in [1.807, 2.05) is 20.8 Å². The number of amides is 2. The molecule has 210 valence electrons. The smallest absolute Gasteiger partial charge is 0.242 e. The van der Waals surface area contributed by atoms with Gasteiger partial charge < -0.3 is 15.0 Å². The van der Waals surface area contributed by atoms with Crippen LogP contribution in [0.1, 0.15) is 52.5 Å². The van der Waals surface area contributed by atoms with Crippen LogP contribution in [0, 0.1) is 0 Å². The fourth-order valence-electron chi connectivity index (χ4n) is 3.76. The van der Waals surface area contributed by atoms with Gasteiger partial charge in [0.15, 0.2) is 0 Å². The van der Waals surface area contributed by atoms with Crippen LogP contribution < -0.4 is 14.4 Å². The number of sulfonamides is 1. The van der Waals surface area contributed by atoms with Gasteiger partial charge in [-0.15, -0.1) is 0 Å². The standard InChI is InChI=1S/C27H37Cl2N3O5S/c1-6-19(3)30-27(34)20(4)31(18-21-10-11-22(28)17-25(21)29)26(33)9-8-16-32(38(5,35)36)23-12-14-24(15-13-23)37-7-2/h10-15,17,19-20H,6-9,16,18H2,1-5H3,(H,30,34)/t19-,20+/m1/s1. The molecule has 11 heteroatoms. The fraction of sp³-hybridized carbons (Fsp3) is 0.481. The molecule has 2 amide bonds. The summed E-state index contributed by atoms with van der Waals surface area (Å²) >= 11 is 12.4. The second kappa shape index (κ2) is 14.6. The van der Waals surface area contributed by atoms with Gasteiger partial charge in [-0.3, -0.25) is 13.9 Å². The Morgan fingerprint density at radius 1 is 1.05 bits per heavy atom. The number of hydrogen-bond acceptors (Lipinski definition) is 5. The summed E-state index contributed by atoms with van der Waals surface area (Å²) < 4.78 is 31.7. The number of hydrogen-bond donors (Lipinski definition) is 1. The molecule has 0 bridgehead atoms. The van der Waals surface area contributed by atoms with Gasteiger partial charge in [0.1, 0.15) is 11.8 Å². The Balaban J connectivity index is 2.20. The Hall–Kier alpha value is -2.49. The molecule has 38 heavy (non-hydrogen) atoms. The lowest BCUT2D eigenvalue weighted by atomic mass is 10.1. The molecule has 2 aromatic rings. The van der Waals surface area contributed by atoms with Crippen molar-refractivity contribution >= 4 is 50.7 Å². The molecule has 0 saturated carbocycles. The van der Waals surface area contributed by atoms with E-state index in [1.54, 1.807) is 49.4 Å². The Morgan fingerprint density at radius 3 is 2.26 bits per heavy atom. The van der Waals surface area contributed by atoms with Crippen molar-refractivity contribution in [1.29, 1.82) is 0 Å². The molecule has 1 N–H and O–H groups in total. The molecule has 0 radical (unpaired) electrons. The van der Waals surface area contributed by atoms with Gasteiger partial charge in [-0.25, -0.2) is 8.42 Å². The van der Waals surface area contributed by atoms with Crippen molar-refractivity contribution < 1.29 is 22.7 Å². The van der Waals surface area contributed by atoms with Gasteiger partial charge in [-0.05, 0) is 75.6 Å². The minimum Gasteiger partial charge on any atom is -0.494 e. The van der Waals surface area contributed by atoms with Crippen LogP contribution in [0.2, 0.25) is 10.0 Å². The van der Waals surface area contributed by atoms with Gasteiger partial charge in [0, 0.05) is 35.6 Å². The van der Waals surface area contributed by atoms with Gasteiger partial charge >= 0.3 is 0 Å². The molecule has 0 aromatic heterocycles. The number of halogens is 2. The van der Waals surface area contributed by atoms with Crippen LogP contribution in [0.5, 0.6) is 5.75 Å². The molecule has 0 heterocycles. The second-order valence-corrected chi connectivity index (χ2v) is 11.9. The van der Waals surface area contributed by atoms with E-state index in [0.29, 0.717) is 33.7 Å². The van der Waals surface area contributed by atoms with E-state index in [-0.39, 0.29) is 43.8 Å². The molecule has 2 rings (SSSR count). The zero-order valence-electron chi connectivity index (χ0n) is 22.5. The summed E-state index contributed by atoms with van der Waals surface area (Å²) in [5, 5.41) is 3.78. The third-order valence-corrected chi connectivity index (χ3v) is 7.89. The highest BCUT2D eigenvalue weighted by Gasteiger charge is 2.28. The van der Waals surface area contributed by atoms with Crippen LogP contribution in [-0.2, 0) is 26.2 Å². The third kappa shape index (κ3) is 9.36. The van der Waals surface area contributed by atoms with Crippen LogP contribution >= 0.6 is 23.2 Å². The van der Waals surface area contributed by atoms with E-state index in [1.165, 1.54) is 9.21 Å². The van der Waals surface area contributed by atoms with Crippen LogP contribution in [0.15, 0.2) is 42.5 Å². The van der Waals surface area contributed by atoms with Crippen molar-refractivity contribution in [1.82, 2.24) is 10.2 Å². The van der Waals surface area contributed by atoms with Crippen molar-refractivity contribution in [3.05, 3.63) is 58.1 Å². The number of anilines is 1. The first-order chi connectivity index (χ1) is 17.9. The summed E-state index contributed by atoms with van der Waals surface area (Å²) in [5.74, 6) is 0.0777. The van der Waals surface area contributed by atoms with Gasteiger partial charge in [-0.2, -0.15) is 0 Å². The first-order valence-corrected chi connectivity index (χ1v) is 15.2. The topological polar surface area (TPSA) is 96.0 Å². The number of carbonyl (C=O) groups excluding carboxylic acids is 2. The predicted molar refractivity (Wildman–Crippen MR) is 153 cm³/mol. The lowest BCUT2D eigenvalue weighted by molar-refractivity contribution is -0.140. The quantitative estimate of drug-likeness (QED) is 0.326. The molecular formula is C27H37Cl2N3O5S. The minimum atomic E-state index is -3.59. The highest BCUT2D eigenvalue weighted by Crippen LogP contribution is 2.25. The Labute approximate surface area is 236 Å².